The summed E-state index contributed by atoms with van der Waals surface area (Å²) in [5.74, 6) is 0.657. The zero-order valence-corrected chi connectivity index (χ0v) is 18.4. The highest BCUT2D eigenvalue weighted by Crippen LogP contribution is 2.21. The van der Waals surface area contributed by atoms with Gasteiger partial charge in [0, 0.05) is 31.8 Å². The number of rotatable bonds is 9. The highest BCUT2D eigenvalue weighted by Gasteiger charge is 2.15. The van der Waals surface area contributed by atoms with Crippen LogP contribution in [0.1, 0.15) is 17.5 Å². The number of benzene rings is 3. The SMILES string of the molecule is COc1cccc(N(C)C(=O)CCc2ccc(S(=O)(=O)NCc3ccccc3)cc2)c1. The van der Waals surface area contributed by atoms with Gasteiger partial charge in [0.25, 0.3) is 0 Å². The molecule has 1 amide bonds. The minimum atomic E-state index is -3.60. The first-order chi connectivity index (χ1) is 14.9. The summed E-state index contributed by atoms with van der Waals surface area (Å²) < 4.78 is 32.8. The molecular formula is C24H26N2O4S. The molecule has 162 valence electrons. The van der Waals surface area contributed by atoms with Gasteiger partial charge in [0.05, 0.1) is 12.0 Å². The summed E-state index contributed by atoms with van der Waals surface area (Å²) in [5, 5.41) is 0. The number of ether oxygens (including phenoxy) is 1. The van der Waals surface area contributed by atoms with Gasteiger partial charge in [-0.25, -0.2) is 13.1 Å². The molecule has 31 heavy (non-hydrogen) atoms. The maximum atomic E-state index is 12.5. The van der Waals surface area contributed by atoms with Gasteiger partial charge < -0.3 is 9.64 Å². The van der Waals surface area contributed by atoms with Crippen LogP contribution in [-0.4, -0.2) is 28.5 Å². The summed E-state index contributed by atoms with van der Waals surface area (Å²) in [5.41, 5.74) is 2.55. The Morgan fingerprint density at radius 2 is 1.65 bits per heavy atom. The third kappa shape index (κ3) is 6.16. The average molecular weight is 439 g/mol. The molecule has 3 aromatic rings. The van der Waals surface area contributed by atoms with Crippen LogP contribution in [0.25, 0.3) is 0 Å². The molecule has 3 rings (SSSR count). The maximum Gasteiger partial charge on any atom is 0.240 e. The number of aryl methyl sites for hydroxylation is 1. The highest BCUT2D eigenvalue weighted by molar-refractivity contribution is 7.89. The molecule has 0 radical (unpaired) electrons. The molecule has 0 aliphatic carbocycles. The largest absolute Gasteiger partial charge is 0.497 e. The van der Waals surface area contributed by atoms with E-state index in [4.69, 9.17) is 4.74 Å². The van der Waals surface area contributed by atoms with E-state index in [0.717, 1.165) is 16.8 Å². The molecule has 0 spiro atoms. The van der Waals surface area contributed by atoms with E-state index in [2.05, 4.69) is 4.72 Å². The lowest BCUT2D eigenvalue weighted by Gasteiger charge is -2.18. The molecular weight excluding hydrogens is 412 g/mol. The van der Waals surface area contributed by atoms with Crippen LogP contribution in [-0.2, 0) is 27.8 Å². The van der Waals surface area contributed by atoms with Crippen LogP contribution in [0.15, 0.2) is 83.8 Å². The summed E-state index contributed by atoms with van der Waals surface area (Å²) >= 11 is 0. The number of anilines is 1. The van der Waals surface area contributed by atoms with Crippen molar-refractivity contribution < 1.29 is 17.9 Å². The Hall–Kier alpha value is -3.16. The number of carbonyl (C=O) groups excluding carboxylic acids is 1. The van der Waals surface area contributed by atoms with Gasteiger partial charge >= 0.3 is 0 Å². The second-order valence-electron chi connectivity index (χ2n) is 7.11. The standard InChI is InChI=1S/C24H26N2O4S/c1-26(21-9-6-10-22(17-21)30-2)24(27)16-13-19-11-14-23(15-12-19)31(28,29)25-18-20-7-4-3-5-8-20/h3-12,14-15,17,25H,13,16,18H2,1-2H3. The fourth-order valence-corrected chi connectivity index (χ4v) is 4.09. The zero-order chi connectivity index (χ0) is 22.3. The van der Waals surface area contributed by atoms with E-state index in [9.17, 15) is 13.2 Å². The van der Waals surface area contributed by atoms with Gasteiger partial charge in [-0.3, -0.25) is 4.79 Å². The van der Waals surface area contributed by atoms with Crippen molar-refractivity contribution in [3.63, 3.8) is 0 Å². The predicted molar refractivity (Wildman–Crippen MR) is 122 cm³/mol. The predicted octanol–water partition coefficient (Wildman–Crippen LogP) is 3.77. The molecule has 3 aromatic carbocycles. The average Bonchev–Trinajstić information content (AvgIpc) is 2.81. The first kappa shape index (κ1) is 22.5. The molecule has 6 nitrogen and oxygen atoms in total. The summed E-state index contributed by atoms with van der Waals surface area (Å²) in [6, 6.07) is 23.3. The molecule has 0 aliphatic rings. The summed E-state index contributed by atoms with van der Waals surface area (Å²) in [4.78, 5) is 14.3. The Labute approximate surface area is 183 Å². The highest BCUT2D eigenvalue weighted by atomic mass is 32.2. The number of nitrogens with zero attached hydrogens (tertiary/aromatic N) is 1. The van der Waals surface area contributed by atoms with E-state index < -0.39 is 10.0 Å². The van der Waals surface area contributed by atoms with Crippen LogP contribution in [0.3, 0.4) is 0 Å². The number of hydrogen-bond donors (Lipinski definition) is 1. The van der Waals surface area contributed by atoms with E-state index in [0.29, 0.717) is 18.6 Å². The van der Waals surface area contributed by atoms with Crippen molar-refractivity contribution in [3.05, 3.63) is 90.0 Å². The minimum absolute atomic E-state index is 0.0329. The molecule has 0 atom stereocenters. The number of sulfonamides is 1. The Kier molecular flexibility index (Phi) is 7.44. The number of methoxy groups -OCH3 is 1. The molecule has 0 saturated heterocycles. The molecule has 1 N–H and O–H groups in total. The Morgan fingerprint density at radius 1 is 0.935 bits per heavy atom. The summed E-state index contributed by atoms with van der Waals surface area (Å²) in [6.45, 7) is 0.232. The Morgan fingerprint density at radius 3 is 2.32 bits per heavy atom. The van der Waals surface area contributed by atoms with Gasteiger partial charge in [-0.2, -0.15) is 0 Å². The van der Waals surface area contributed by atoms with Crippen LogP contribution < -0.4 is 14.4 Å². The quantitative estimate of drug-likeness (QED) is 0.552. The summed E-state index contributed by atoms with van der Waals surface area (Å²) in [6.07, 6.45) is 0.830. The van der Waals surface area contributed by atoms with Gasteiger partial charge in [-0.15, -0.1) is 0 Å². The van der Waals surface area contributed by atoms with Crippen molar-refractivity contribution in [3.8, 4) is 5.75 Å². The normalized spacial score (nSPS) is 11.2. The smallest absolute Gasteiger partial charge is 0.240 e. The van der Waals surface area contributed by atoms with E-state index in [1.165, 1.54) is 0 Å². The van der Waals surface area contributed by atoms with E-state index >= 15 is 0 Å². The van der Waals surface area contributed by atoms with E-state index in [-0.39, 0.29) is 17.3 Å². The van der Waals surface area contributed by atoms with Crippen LogP contribution in [0.2, 0.25) is 0 Å². The second-order valence-corrected chi connectivity index (χ2v) is 8.88. The van der Waals surface area contributed by atoms with Crippen molar-refractivity contribution in [1.29, 1.82) is 0 Å². The molecule has 0 fully saturated rings. The van der Waals surface area contributed by atoms with Gasteiger partial charge in [0.2, 0.25) is 15.9 Å². The fraction of sp³-hybridized carbons (Fsp3) is 0.208. The molecule has 0 aliphatic heterocycles. The topological polar surface area (TPSA) is 75.7 Å². The first-order valence-corrected chi connectivity index (χ1v) is 11.4. The van der Waals surface area contributed by atoms with Crippen molar-refractivity contribution in [2.24, 2.45) is 0 Å². The van der Waals surface area contributed by atoms with E-state index in [1.807, 2.05) is 48.5 Å². The van der Waals surface area contributed by atoms with Crippen molar-refractivity contribution >= 4 is 21.6 Å². The number of hydrogen-bond acceptors (Lipinski definition) is 4. The van der Waals surface area contributed by atoms with Crippen LogP contribution >= 0.6 is 0 Å². The lowest BCUT2D eigenvalue weighted by atomic mass is 10.1. The van der Waals surface area contributed by atoms with Crippen LogP contribution in [0, 0.1) is 0 Å². The second kappa shape index (κ2) is 10.2. The number of nitrogens with one attached hydrogen (secondary N) is 1. The van der Waals surface area contributed by atoms with Crippen molar-refractivity contribution in [2.75, 3.05) is 19.1 Å². The van der Waals surface area contributed by atoms with Crippen molar-refractivity contribution in [2.45, 2.75) is 24.3 Å². The van der Waals surface area contributed by atoms with Gasteiger partial charge in [0.1, 0.15) is 5.75 Å². The monoisotopic (exact) mass is 438 g/mol. The lowest BCUT2D eigenvalue weighted by Crippen LogP contribution is -2.26. The Bertz CT molecular complexity index is 1110. The molecule has 0 aromatic heterocycles. The Balaban J connectivity index is 1.56. The molecule has 0 saturated carbocycles. The van der Waals surface area contributed by atoms with Crippen LogP contribution in [0.5, 0.6) is 5.75 Å². The molecule has 0 heterocycles. The fourth-order valence-electron chi connectivity index (χ4n) is 3.07. The summed E-state index contributed by atoms with van der Waals surface area (Å²) in [7, 11) is -0.287. The first-order valence-electron chi connectivity index (χ1n) is 9.92. The number of carbonyl (C=O) groups is 1. The van der Waals surface area contributed by atoms with Gasteiger partial charge in [-0.05, 0) is 41.8 Å². The van der Waals surface area contributed by atoms with Gasteiger partial charge in [-0.1, -0.05) is 48.5 Å². The minimum Gasteiger partial charge on any atom is -0.497 e. The third-order valence-corrected chi connectivity index (χ3v) is 6.40. The van der Waals surface area contributed by atoms with Crippen molar-refractivity contribution in [1.82, 2.24) is 4.72 Å². The number of amides is 1. The van der Waals surface area contributed by atoms with E-state index in [1.54, 1.807) is 49.4 Å². The molecule has 0 bridgehead atoms. The lowest BCUT2D eigenvalue weighted by molar-refractivity contribution is -0.118. The molecule has 0 unspecified atom stereocenters. The third-order valence-electron chi connectivity index (χ3n) is 4.99. The van der Waals surface area contributed by atoms with Gasteiger partial charge in [0.15, 0.2) is 0 Å². The zero-order valence-electron chi connectivity index (χ0n) is 17.6. The maximum absolute atomic E-state index is 12.5. The van der Waals surface area contributed by atoms with Crippen LogP contribution in [0.4, 0.5) is 5.69 Å². The molecule has 7 heteroatoms.